The Kier molecular flexibility index (Phi) is 11.2. The Labute approximate surface area is 211 Å². The number of aliphatic imine (C=N–C) groups is 2. The summed E-state index contributed by atoms with van der Waals surface area (Å²) < 4.78 is 0. The second-order valence-corrected chi connectivity index (χ2v) is 10.9. The first-order chi connectivity index (χ1) is 15.3. The van der Waals surface area contributed by atoms with Crippen molar-refractivity contribution in [3.8, 4) is 0 Å². The fourth-order valence-corrected chi connectivity index (χ4v) is 4.25. The summed E-state index contributed by atoms with van der Waals surface area (Å²) in [6.07, 6.45) is 0. The summed E-state index contributed by atoms with van der Waals surface area (Å²) >= 11 is 1.95. The van der Waals surface area contributed by atoms with Gasteiger partial charge in [-0.05, 0) is 61.1 Å². The molecule has 0 bridgehead atoms. The predicted molar refractivity (Wildman–Crippen MR) is 141 cm³/mol. The van der Waals surface area contributed by atoms with Gasteiger partial charge in [0.15, 0.2) is 0 Å². The van der Waals surface area contributed by atoms with E-state index in [0.717, 1.165) is 22.8 Å². The average molecular weight is 529 g/mol. The molecule has 0 aliphatic rings. The predicted octanol–water partition coefficient (Wildman–Crippen LogP) is 9.65. The molecule has 2 nitrogen and oxygen atoms in total. The van der Waals surface area contributed by atoms with Crippen LogP contribution < -0.4 is 0 Å². The second kappa shape index (κ2) is 13.3. The monoisotopic (exact) mass is 528 g/mol. The van der Waals surface area contributed by atoms with Gasteiger partial charge in [0.25, 0.3) is 0 Å². The van der Waals surface area contributed by atoms with E-state index in [9.17, 15) is 0 Å². The minimum absolute atomic E-state index is 0.194. The Morgan fingerprint density at radius 3 is 1.38 bits per heavy atom. The van der Waals surface area contributed by atoms with E-state index in [2.05, 4.69) is 102 Å². The molecule has 172 valence electrons. The molecule has 0 unspecified atom stereocenters. The van der Waals surface area contributed by atoms with Crippen LogP contribution in [0.3, 0.4) is 0 Å². The van der Waals surface area contributed by atoms with Crippen molar-refractivity contribution >= 4 is 54.3 Å². The van der Waals surface area contributed by atoms with Gasteiger partial charge >= 0.3 is 33.3 Å². The second-order valence-electron chi connectivity index (χ2n) is 8.04. The Morgan fingerprint density at radius 1 is 0.688 bits per heavy atom. The molecule has 0 spiro atoms. The number of hydrogen-bond donors (Lipinski definition) is 0. The van der Waals surface area contributed by atoms with Crippen molar-refractivity contribution in [1.82, 2.24) is 0 Å². The number of para-hydroxylation sites is 2. The standard InChI is InChI=1S/C26H30N2S.2ClH.Fe/c1-17(2)21-11-7-9-13-23(21)27-19(5)25-15-16-26(29-25)20(6)28-24-14-10-8-12-22(24)18(3)4;;;/h7-18H,1-6H3;2*1H;/q;;;+2/p-2. The van der Waals surface area contributed by atoms with Crippen LogP contribution in [0.4, 0.5) is 11.4 Å². The van der Waals surface area contributed by atoms with E-state index in [-0.39, 0.29) is 13.1 Å². The third kappa shape index (κ3) is 7.57. The van der Waals surface area contributed by atoms with E-state index in [1.54, 1.807) is 11.3 Å². The molecule has 0 saturated carbocycles. The first kappa shape index (κ1) is 26.8. The molecule has 0 radical (unpaired) electrons. The van der Waals surface area contributed by atoms with Gasteiger partial charge in [-0.3, -0.25) is 9.98 Å². The van der Waals surface area contributed by atoms with Gasteiger partial charge in [0.1, 0.15) is 0 Å². The summed E-state index contributed by atoms with van der Waals surface area (Å²) in [4.78, 5) is 12.2. The van der Waals surface area contributed by atoms with Crippen LogP contribution in [-0.4, -0.2) is 11.4 Å². The first-order valence-electron chi connectivity index (χ1n) is 10.5. The van der Waals surface area contributed by atoms with Crippen LogP contribution >= 0.6 is 31.5 Å². The fourth-order valence-electron chi connectivity index (χ4n) is 3.35. The molecule has 0 amide bonds. The van der Waals surface area contributed by atoms with Gasteiger partial charge in [0, 0.05) is 9.75 Å². The molecule has 0 aliphatic carbocycles. The quantitative estimate of drug-likeness (QED) is 0.224. The van der Waals surface area contributed by atoms with Crippen LogP contribution in [0.1, 0.15) is 74.3 Å². The topological polar surface area (TPSA) is 24.7 Å². The summed E-state index contributed by atoms with van der Waals surface area (Å²) in [5.41, 5.74) is 6.78. The number of nitrogens with zero attached hydrogens (tertiary/aromatic N) is 2. The Morgan fingerprint density at radius 2 is 1.03 bits per heavy atom. The molecule has 0 atom stereocenters. The minimum atomic E-state index is 0.194. The van der Waals surface area contributed by atoms with Crippen LogP contribution in [0, 0.1) is 0 Å². The molecule has 6 heteroatoms. The summed E-state index contributed by atoms with van der Waals surface area (Å²) in [5, 5.41) is 0. The number of halogens is 2. The molecule has 32 heavy (non-hydrogen) atoms. The van der Waals surface area contributed by atoms with Crippen LogP contribution in [0.25, 0.3) is 0 Å². The number of thiophene rings is 1. The summed E-state index contributed by atoms with van der Waals surface area (Å²) in [6, 6.07) is 21.1. The number of benzene rings is 2. The van der Waals surface area contributed by atoms with Crippen LogP contribution in [0.15, 0.2) is 70.6 Å². The third-order valence-electron chi connectivity index (χ3n) is 5.01. The Hall–Kier alpha value is -1.42. The zero-order chi connectivity index (χ0) is 23.7. The molecular formula is C26H30Cl2FeN2S. The van der Waals surface area contributed by atoms with E-state index in [0.29, 0.717) is 11.8 Å². The maximum atomic E-state index is 4.93. The fraction of sp³-hybridized carbons (Fsp3) is 0.308. The van der Waals surface area contributed by atoms with Crippen molar-refractivity contribution in [2.75, 3.05) is 0 Å². The SMILES string of the molecule is CC(=Nc1ccccc1C(C)C)c1ccc(C(C)=Nc2ccccc2C(C)C)s1.[Cl][Fe][Cl]. The van der Waals surface area contributed by atoms with Crippen molar-refractivity contribution in [3.05, 3.63) is 81.5 Å². The van der Waals surface area contributed by atoms with E-state index in [1.165, 1.54) is 20.9 Å². The summed E-state index contributed by atoms with van der Waals surface area (Å²) in [6.45, 7) is 13.0. The molecule has 2 aromatic carbocycles. The van der Waals surface area contributed by atoms with E-state index >= 15 is 0 Å². The van der Waals surface area contributed by atoms with E-state index < -0.39 is 0 Å². The molecule has 0 N–H and O–H groups in total. The molecule has 3 aromatic rings. The zero-order valence-corrected chi connectivity index (χ0v) is 22.8. The van der Waals surface area contributed by atoms with Crippen molar-refractivity contribution in [1.29, 1.82) is 0 Å². The molecule has 3 rings (SSSR count). The molecule has 0 fully saturated rings. The first-order valence-corrected chi connectivity index (χ1v) is 14.4. The maximum absolute atomic E-state index is 4.93. The van der Waals surface area contributed by atoms with Crippen LogP contribution in [0.2, 0.25) is 0 Å². The van der Waals surface area contributed by atoms with Crippen molar-refractivity contribution in [3.63, 3.8) is 0 Å². The van der Waals surface area contributed by atoms with Crippen molar-refractivity contribution in [2.24, 2.45) is 9.98 Å². The normalized spacial score (nSPS) is 12.3. The van der Waals surface area contributed by atoms with E-state index in [1.807, 2.05) is 0 Å². The Bertz CT molecular complexity index is 989. The zero-order valence-electron chi connectivity index (χ0n) is 19.3. The molecule has 1 heterocycles. The van der Waals surface area contributed by atoms with Gasteiger partial charge in [-0.1, -0.05) is 64.1 Å². The molecule has 1 aromatic heterocycles. The van der Waals surface area contributed by atoms with Crippen LogP contribution in [0.5, 0.6) is 0 Å². The average Bonchev–Trinajstić information content (AvgIpc) is 3.25. The Balaban J connectivity index is 0.00000114. The van der Waals surface area contributed by atoms with Gasteiger partial charge in [0.2, 0.25) is 0 Å². The van der Waals surface area contributed by atoms with Crippen molar-refractivity contribution < 1.29 is 13.1 Å². The molecule has 0 saturated heterocycles. The number of hydrogen-bond acceptors (Lipinski definition) is 3. The summed E-state index contributed by atoms with van der Waals surface area (Å²) in [7, 11) is 9.53. The van der Waals surface area contributed by atoms with Gasteiger partial charge in [0.05, 0.1) is 22.8 Å². The van der Waals surface area contributed by atoms with Gasteiger partial charge in [-0.2, -0.15) is 0 Å². The molecule has 0 aliphatic heterocycles. The third-order valence-corrected chi connectivity index (χ3v) is 6.32. The van der Waals surface area contributed by atoms with Gasteiger partial charge < -0.3 is 0 Å². The van der Waals surface area contributed by atoms with Gasteiger partial charge in [-0.15, -0.1) is 11.3 Å². The van der Waals surface area contributed by atoms with E-state index in [4.69, 9.17) is 30.2 Å². The van der Waals surface area contributed by atoms with Gasteiger partial charge in [-0.25, -0.2) is 0 Å². The number of rotatable bonds is 6. The van der Waals surface area contributed by atoms with Crippen LogP contribution in [-0.2, 0) is 13.1 Å². The molecular weight excluding hydrogens is 499 g/mol. The summed E-state index contributed by atoms with van der Waals surface area (Å²) in [5.74, 6) is 0.911. The van der Waals surface area contributed by atoms with Crippen molar-refractivity contribution in [2.45, 2.75) is 53.4 Å².